The third-order valence-corrected chi connectivity index (χ3v) is 4.11. The molecule has 1 N–H and O–H groups in total. The molecule has 0 aliphatic heterocycles. The monoisotopic (exact) mass is 226 g/mol. The van der Waals surface area contributed by atoms with Crippen molar-refractivity contribution in [3.63, 3.8) is 0 Å². The zero-order valence-corrected chi connectivity index (χ0v) is 11.5. The van der Waals surface area contributed by atoms with Gasteiger partial charge in [-0.25, -0.2) is 0 Å². The van der Waals surface area contributed by atoms with Gasteiger partial charge >= 0.3 is 0 Å². The summed E-state index contributed by atoms with van der Waals surface area (Å²) in [4.78, 5) is 2.50. The SMILES string of the molecule is CCC(CC)N(C)CCNCC1CCCC1. The van der Waals surface area contributed by atoms with Crippen LogP contribution in [0.25, 0.3) is 0 Å². The molecule has 0 unspecified atom stereocenters. The second-order valence-electron chi connectivity index (χ2n) is 5.31. The van der Waals surface area contributed by atoms with E-state index < -0.39 is 0 Å². The summed E-state index contributed by atoms with van der Waals surface area (Å²) in [5.74, 6) is 0.971. The molecule has 2 heteroatoms. The molecule has 2 nitrogen and oxygen atoms in total. The molecule has 1 saturated carbocycles. The molecule has 0 amide bonds. The summed E-state index contributed by atoms with van der Waals surface area (Å²) in [5.41, 5.74) is 0. The third kappa shape index (κ3) is 4.84. The van der Waals surface area contributed by atoms with Crippen molar-refractivity contribution in [3.05, 3.63) is 0 Å². The number of nitrogens with zero attached hydrogens (tertiary/aromatic N) is 1. The molecule has 0 spiro atoms. The van der Waals surface area contributed by atoms with Crippen LogP contribution in [0.4, 0.5) is 0 Å². The molecule has 0 saturated heterocycles. The van der Waals surface area contributed by atoms with Crippen molar-refractivity contribution in [2.24, 2.45) is 5.92 Å². The second-order valence-corrected chi connectivity index (χ2v) is 5.31. The third-order valence-electron chi connectivity index (χ3n) is 4.11. The van der Waals surface area contributed by atoms with Gasteiger partial charge in [0, 0.05) is 19.1 Å². The van der Waals surface area contributed by atoms with Gasteiger partial charge in [0.05, 0.1) is 0 Å². The summed E-state index contributed by atoms with van der Waals surface area (Å²) in [7, 11) is 2.26. The molecule has 0 bridgehead atoms. The van der Waals surface area contributed by atoms with Gasteiger partial charge in [-0.2, -0.15) is 0 Å². The Morgan fingerprint density at radius 1 is 1.19 bits per heavy atom. The molecule has 0 aromatic rings. The lowest BCUT2D eigenvalue weighted by atomic mass is 10.1. The molecular formula is C14H30N2. The fraction of sp³-hybridized carbons (Fsp3) is 1.00. The predicted octanol–water partition coefficient (Wildman–Crippen LogP) is 2.89. The van der Waals surface area contributed by atoms with Gasteiger partial charge in [0.2, 0.25) is 0 Å². The predicted molar refractivity (Wildman–Crippen MR) is 71.8 cm³/mol. The first-order valence-corrected chi connectivity index (χ1v) is 7.18. The number of nitrogens with one attached hydrogen (secondary N) is 1. The molecule has 1 aliphatic carbocycles. The van der Waals surface area contributed by atoms with Crippen molar-refractivity contribution in [2.75, 3.05) is 26.7 Å². The van der Waals surface area contributed by atoms with Crippen LogP contribution < -0.4 is 5.32 Å². The molecule has 96 valence electrons. The molecule has 1 rings (SSSR count). The molecule has 1 aliphatic rings. The Bertz CT molecular complexity index is 160. The van der Waals surface area contributed by atoms with Crippen LogP contribution in [0.1, 0.15) is 52.4 Å². The summed E-state index contributed by atoms with van der Waals surface area (Å²) in [6, 6.07) is 0.772. The van der Waals surface area contributed by atoms with Gasteiger partial charge < -0.3 is 10.2 Å². The van der Waals surface area contributed by atoms with Crippen molar-refractivity contribution >= 4 is 0 Å². The highest BCUT2D eigenvalue weighted by Gasteiger charge is 2.14. The topological polar surface area (TPSA) is 15.3 Å². The largest absolute Gasteiger partial charge is 0.315 e. The van der Waals surface area contributed by atoms with Crippen molar-refractivity contribution in [3.8, 4) is 0 Å². The molecule has 0 atom stereocenters. The first kappa shape index (κ1) is 14.0. The summed E-state index contributed by atoms with van der Waals surface area (Å²) >= 11 is 0. The van der Waals surface area contributed by atoms with Crippen LogP contribution in [-0.4, -0.2) is 37.6 Å². The van der Waals surface area contributed by atoms with Crippen LogP contribution in [0.3, 0.4) is 0 Å². The Labute approximate surface area is 102 Å². The van der Waals surface area contributed by atoms with Crippen molar-refractivity contribution in [1.29, 1.82) is 0 Å². The van der Waals surface area contributed by atoms with Crippen LogP contribution in [0.2, 0.25) is 0 Å². The number of rotatable bonds is 8. The lowest BCUT2D eigenvalue weighted by molar-refractivity contribution is 0.228. The minimum Gasteiger partial charge on any atom is -0.315 e. The smallest absolute Gasteiger partial charge is 0.0107 e. The van der Waals surface area contributed by atoms with E-state index in [-0.39, 0.29) is 0 Å². The summed E-state index contributed by atoms with van der Waals surface area (Å²) in [5, 5.41) is 3.62. The van der Waals surface area contributed by atoms with Crippen LogP contribution in [0.5, 0.6) is 0 Å². The number of hydrogen-bond acceptors (Lipinski definition) is 2. The highest BCUT2D eigenvalue weighted by molar-refractivity contribution is 4.71. The van der Waals surface area contributed by atoms with E-state index in [1.54, 1.807) is 0 Å². The highest BCUT2D eigenvalue weighted by Crippen LogP contribution is 2.23. The summed E-state index contributed by atoms with van der Waals surface area (Å²) in [6.45, 7) is 8.17. The Morgan fingerprint density at radius 2 is 1.81 bits per heavy atom. The zero-order valence-electron chi connectivity index (χ0n) is 11.5. The van der Waals surface area contributed by atoms with E-state index in [1.807, 2.05) is 0 Å². The fourth-order valence-corrected chi connectivity index (χ4v) is 2.87. The molecule has 1 fully saturated rings. The average Bonchev–Trinajstić information content (AvgIpc) is 2.79. The molecule has 16 heavy (non-hydrogen) atoms. The van der Waals surface area contributed by atoms with Crippen LogP contribution >= 0.6 is 0 Å². The zero-order chi connectivity index (χ0) is 11.8. The van der Waals surface area contributed by atoms with Gasteiger partial charge in [0.25, 0.3) is 0 Å². The first-order chi connectivity index (χ1) is 7.77. The van der Waals surface area contributed by atoms with E-state index in [4.69, 9.17) is 0 Å². The van der Waals surface area contributed by atoms with Crippen LogP contribution in [-0.2, 0) is 0 Å². The molecular weight excluding hydrogens is 196 g/mol. The quantitative estimate of drug-likeness (QED) is 0.640. The summed E-state index contributed by atoms with van der Waals surface area (Å²) in [6.07, 6.45) is 8.37. The van der Waals surface area contributed by atoms with E-state index in [1.165, 1.54) is 51.6 Å². The minimum atomic E-state index is 0.772. The number of hydrogen-bond donors (Lipinski definition) is 1. The van der Waals surface area contributed by atoms with Crippen molar-refractivity contribution in [2.45, 2.75) is 58.4 Å². The Morgan fingerprint density at radius 3 is 2.38 bits per heavy atom. The van der Waals surface area contributed by atoms with Crippen LogP contribution in [0.15, 0.2) is 0 Å². The number of likely N-dealkylation sites (N-methyl/N-ethyl adjacent to an activating group) is 1. The van der Waals surface area contributed by atoms with E-state index in [2.05, 4.69) is 31.1 Å². The van der Waals surface area contributed by atoms with E-state index in [0.717, 1.165) is 18.5 Å². The average molecular weight is 226 g/mol. The minimum absolute atomic E-state index is 0.772. The molecule has 0 aromatic heterocycles. The van der Waals surface area contributed by atoms with Gasteiger partial charge in [-0.1, -0.05) is 26.7 Å². The van der Waals surface area contributed by atoms with E-state index in [0.29, 0.717) is 0 Å². The van der Waals surface area contributed by atoms with Gasteiger partial charge in [-0.3, -0.25) is 0 Å². The highest BCUT2D eigenvalue weighted by atomic mass is 15.1. The first-order valence-electron chi connectivity index (χ1n) is 7.18. The lowest BCUT2D eigenvalue weighted by Gasteiger charge is -2.26. The van der Waals surface area contributed by atoms with Crippen molar-refractivity contribution < 1.29 is 0 Å². The lowest BCUT2D eigenvalue weighted by Crippen LogP contribution is -2.37. The standard InChI is InChI=1S/C14H30N2/c1-4-14(5-2)16(3)11-10-15-12-13-8-6-7-9-13/h13-15H,4-12H2,1-3H3. The fourth-order valence-electron chi connectivity index (χ4n) is 2.87. The second kappa shape index (κ2) is 8.08. The normalized spacial score (nSPS) is 17.8. The molecule has 0 aromatic carbocycles. The van der Waals surface area contributed by atoms with Gasteiger partial charge in [0.1, 0.15) is 0 Å². The summed E-state index contributed by atoms with van der Waals surface area (Å²) < 4.78 is 0. The van der Waals surface area contributed by atoms with Gasteiger partial charge in [0.15, 0.2) is 0 Å². The molecule has 0 radical (unpaired) electrons. The Kier molecular flexibility index (Phi) is 7.06. The Balaban J connectivity index is 2.00. The maximum Gasteiger partial charge on any atom is 0.0107 e. The maximum atomic E-state index is 3.62. The van der Waals surface area contributed by atoms with Gasteiger partial charge in [-0.05, 0) is 45.2 Å². The molecule has 0 heterocycles. The Hall–Kier alpha value is -0.0800. The van der Waals surface area contributed by atoms with E-state index >= 15 is 0 Å². The maximum absolute atomic E-state index is 3.62. The van der Waals surface area contributed by atoms with Crippen LogP contribution in [0, 0.1) is 5.92 Å². The van der Waals surface area contributed by atoms with Crippen molar-refractivity contribution in [1.82, 2.24) is 10.2 Å². The van der Waals surface area contributed by atoms with Gasteiger partial charge in [-0.15, -0.1) is 0 Å². The van der Waals surface area contributed by atoms with E-state index in [9.17, 15) is 0 Å².